The quantitative estimate of drug-likeness (QED) is 0.443. The molecule has 3 N–H and O–H groups in total. The van der Waals surface area contributed by atoms with E-state index in [1.165, 1.54) is 0 Å². The molecule has 0 bridgehead atoms. The van der Waals surface area contributed by atoms with Crippen LogP contribution in [0.1, 0.15) is 30.4 Å². The van der Waals surface area contributed by atoms with E-state index in [1.54, 1.807) is 0 Å². The SMILES string of the molecule is O=C(NCCc1ccc(OCc2ccccc2)cc1)C1NNC2CCC([N+](=O)[O-])CC21. The molecule has 1 heterocycles. The molecule has 1 aliphatic heterocycles. The van der Waals surface area contributed by atoms with Gasteiger partial charge in [-0.15, -0.1) is 0 Å². The third-order valence-electron chi connectivity index (χ3n) is 6.19. The Morgan fingerprint density at radius 1 is 1.06 bits per heavy atom. The van der Waals surface area contributed by atoms with Gasteiger partial charge < -0.3 is 10.1 Å². The van der Waals surface area contributed by atoms with Crippen LogP contribution in [0.4, 0.5) is 0 Å². The van der Waals surface area contributed by atoms with Crippen LogP contribution in [0.3, 0.4) is 0 Å². The summed E-state index contributed by atoms with van der Waals surface area (Å²) in [5.74, 6) is 0.651. The maximum absolute atomic E-state index is 12.6. The van der Waals surface area contributed by atoms with Crippen molar-refractivity contribution in [1.29, 1.82) is 0 Å². The summed E-state index contributed by atoms with van der Waals surface area (Å²) in [6.45, 7) is 1.04. The zero-order valence-corrected chi connectivity index (χ0v) is 17.3. The summed E-state index contributed by atoms with van der Waals surface area (Å²) >= 11 is 0. The van der Waals surface area contributed by atoms with Crippen LogP contribution in [0.2, 0.25) is 0 Å². The van der Waals surface area contributed by atoms with Crippen molar-refractivity contribution in [1.82, 2.24) is 16.2 Å². The maximum atomic E-state index is 12.6. The van der Waals surface area contributed by atoms with Crippen LogP contribution in [0, 0.1) is 16.0 Å². The van der Waals surface area contributed by atoms with Gasteiger partial charge in [-0.05, 0) is 36.1 Å². The second-order valence-corrected chi connectivity index (χ2v) is 8.25. The van der Waals surface area contributed by atoms with E-state index >= 15 is 0 Å². The molecule has 1 aliphatic carbocycles. The Hall–Kier alpha value is -2.97. The third kappa shape index (κ3) is 5.39. The monoisotopic (exact) mass is 424 g/mol. The number of fused-ring (bicyclic) bond motifs is 1. The van der Waals surface area contributed by atoms with Crippen molar-refractivity contribution in [3.63, 3.8) is 0 Å². The van der Waals surface area contributed by atoms with Gasteiger partial charge in [-0.1, -0.05) is 42.5 Å². The second-order valence-electron chi connectivity index (χ2n) is 8.25. The Labute approximate surface area is 181 Å². The molecule has 2 aliphatic rings. The predicted molar refractivity (Wildman–Crippen MR) is 116 cm³/mol. The summed E-state index contributed by atoms with van der Waals surface area (Å²) in [5.41, 5.74) is 8.40. The summed E-state index contributed by atoms with van der Waals surface area (Å²) in [5, 5.41) is 14.1. The van der Waals surface area contributed by atoms with Crippen LogP contribution >= 0.6 is 0 Å². The van der Waals surface area contributed by atoms with Gasteiger partial charge in [0, 0.05) is 36.3 Å². The van der Waals surface area contributed by atoms with Gasteiger partial charge in [-0.25, -0.2) is 5.43 Å². The molecule has 4 unspecified atom stereocenters. The highest BCUT2D eigenvalue weighted by Crippen LogP contribution is 2.31. The molecule has 8 nitrogen and oxygen atoms in total. The molecule has 0 spiro atoms. The minimum atomic E-state index is -0.555. The van der Waals surface area contributed by atoms with Gasteiger partial charge >= 0.3 is 0 Å². The first-order valence-corrected chi connectivity index (χ1v) is 10.8. The van der Waals surface area contributed by atoms with E-state index < -0.39 is 12.1 Å². The molecule has 1 saturated carbocycles. The number of nitrogens with zero attached hydrogens (tertiary/aromatic N) is 1. The Kier molecular flexibility index (Phi) is 6.79. The van der Waals surface area contributed by atoms with Gasteiger partial charge in [0.25, 0.3) is 0 Å². The lowest BCUT2D eigenvalue weighted by molar-refractivity contribution is -0.528. The highest BCUT2D eigenvalue weighted by Gasteiger charge is 2.46. The number of carbonyl (C=O) groups is 1. The standard InChI is InChI=1S/C23H28N4O4/c28-23(22-20-14-18(27(29)30)8-11-21(20)25-26-22)24-13-12-16-6-9-19(10-7-16)31-15-17-4-2-1-3-5-17/h1-7,9-10,18,20-22,25-26H,8,11-15H2,(H,24,28). The first-order valence-electron chi connectivity index (χ1n) is 10.8. The van der Waals surface area contributed by atoms with Gasteiger partial charge in [0.1, 0.15) is 18.4 Å². The van der Waals surface area contributed by atoms with Crippen LogP contribution < -0.4 is 20.9 Å². The fourth-order valence-corrected chi connectivity index (χ4v) is 4.42. The molecule has 4 atom stereocenters. The van der Waals surface area contributed by atoms with Crippen LogP contribution in [0.15, 0.2) is 54.6 Å². The highest BCUT2D eigenvalue weighted by atomic mass is 16.6. The average Bonchev–Trinajstić information content (AvgIpc) is 3.22. The van der Waals surface area contributed by atoms with Crippen LogP contribution in [-0.4, -0.2) is 35.5 Å². The molecule has 4 rings (SSSR count). The molecule has 8 heteroatoms. The van der Waals surface area contributed by atoms with E-state index in [0.717, 1.165) is 16.9 Å². The van der Waals surface area contributed by atoms with Gasteiger partial charge in [-0.2, -0.15) is 0 Å². The molecule has 1 saturated heterocycles. The summed E-state index contributed by atoms with van der Waals surface area (Å²) in [7, 11) is 0. The summed E-state index contributed by atoms with van der Waals surface area (Å²) in [6, 6.07) is 17.0. The van der Waals surface area contributed by atoms with E-state index in [2.05, 4.69) is 16.2 Å². The number of nitro groups is 1. The summed E-state index contributed by atoms with van der Waals surface area (Å²) in [4.78, 5) is 23.6. The molecule has 2 fully saturated rings. The van der Waals surface area contributed by atoms with Crippen LogP contribution in [0.25, 0.3) is 0 Å². The van der Waals surface area contributed by atoms with Crippen LogP contribution in [0.5, 0.6) is 5.75 Å². The topological polar surface area (TPSA) is 106 Å². The van der Waals surface area contributed by atoms with E-state index in [9.17, 15) is 14.9 Å². The zero-order chi connectivity index (χ0) is 21.6. The van der Waals surface area contributed by atoms with Crippen molar-refractivity contribution in [2.75, 3.05) is 6.54 Å². The van der Waals surface area contributed by atoms with E-state index in [4.69, 9.17) is 4.74 Å². The Balaban J connectivity index is 1.22. The summed E-state index contributed by atoms with van der Waals surface area (Å²) < 4.78 is 5.80. The number of hydrazine groups is 1. The minimum Gasteiger partial charge on any atom is -0.489 e. The lowest BCUT2D eigenvalue weighted by Crippen LogP contribution is -2.47. The molecule has 2 aromatic rings. The Morgan fingerprint density at radius 2 is 1.84 bits per heavy atom. The molecular weight excluding hydrogens is 396 g/mol. The van der Waals surface area contributed by atoms with Gasteiger partial charge in [0.15, 0.2) is 0 Å². The molecule has 0 aromatic heterocycles. The lowest BCUT2D eigenvalue weighted by atomic mass is 9.79. The number of hydrogen-bond acceptors (Lipinski definition) is 6. The molecule has 1 amide bonds. The molecular formula is C23H28N4O4. The normalized spacial score (nSPS) is 24.9. The number of hydrogen-bond donors (Lipinski definition) is 3. The number of ether oxygens (including phenoxy) is 1. The highest BCUT2D eigenvalue weighted by molar-refractivity contribution is 5.82. The minimum absolute atomic E-state index is 0.0507. The number of rotatable bonds is 8. The van der Waals surface area contributed by atoms with Crippen LogP contribution in [-0.2, 0) is 17.8 Å². The van der Waals surface area contributed by atoms with Crippen molar-refractivity contribution >= 4 is 5.91 Å². The smallest absolute Gasteiger partial charge is 0.238 e. The average molecular weight is 425 g/mol. The number of nitrogens with one attached hydrogen (secondary N) is 3. The van der Waals surface area contributed by atoms with Gasteiger partial charge in [-0.3, -0.25) is 20.3 Å². The first kappa shape index (κ1) is 21.3. The van der Waals surface area contributed by atoms with Crippen molar-refractivity contribution in [3.8, 4) is 5.75 Å². The molecule has 164 valence electrons. The van der Waals surface area contributed by atoms with Crippen molar-refractivity contribution in [2.24, 2.45) is 5.92 Å². The molecule has 0 radical (unpaired) electrons. The lowest BCUT2D eigenvalue weighted by Gasteiger charge is -2.28. The van der Waals surface area contributed by atoms with Gasteiger partial charge in [0.2, 0.25) is 11.9 Å². The van der Waals surface area contributed by atoms with Gasteiger partial charge in [0.05, 0.1) is 0 Å². The molecule has 2 aromatic carbocycles. The fraction of sp³-hybridized carbons (Fsp3) is 0.435. The van der Waals surface area contributed by atoms with Crippen molar-refractivity contribution in [2.45, 2.75) is 50.4 Å². The van der Waals surface area contributed by atoms with E-state index in [0.29, 0.717) is 38.8 Å². The summed E-state index contributed by atoms with van der Waals surface area (Å²) in [6.07, 6.45) is 2.41. The van der Waals surface area contributed by atoms with E-state index in [-0.39, 0.29) is 22.8 Å². The Morgan fingerprint density at radius 3 is 2.58 bits per heavy atom. The Bertz CT molecular complexity index is 890. The second kappa shape index (κ2) is 9.89. The number of amides is 1. The number of benzene rings is 2. The number of carbonyl (C=O) groups excluding carboxylic acids is 1. The fourth-order valence-electron chi connectivity index (χ4n) is 4.42. The molecule has 31 heavy (non-hydrogen) atoms. The third-order valence-corrected chi connectivity index (χ3v) is 6.19. The maximum Gasteiger partial charge on any atom is 0.238 e. The predicted octanol–water partition coefficient (Wildman–Crippen LogP) is 2.21. The zero-order valence-electron chi connectivity index (χ0n) is 17.3. The first-order chi connectivity index (χ1) is 15.1. The van der Waals surface area contributed by atoms with Crippen molar-refractivity contribution in [3.05, 3.63) is 75.8 Å². The van der Waals surface area contributed by atoms with Crippen molar-refractivity contribution < 1.29 is 14.5 Å². The van der Waals surface area contributed by atoms with E-state index in [1.807, 2.05) is 54.6 Å². The largest absolute Gasteiger partial charge is 0.489 e.